The summed E-state index contributed by atoms with van der Waals surface area (Å²) in [6.07, 6.45) is -0.324. The first-order chi connectivity index (χ1) is 12.7. The molecule has 0 aliphatic carbocycles. The number of thiophene rings is 1. The van der Waals surface area contributed by atoms with E-state index in [0.717, 1.165) is 11.3 Å². The maximum Gasteiger partial charge on any atom is 0.348 e. The lowest BCUT2D eigenvalue weighted by molar-refractivity contribution is -0.385. The largest absolute Gasteiger partial charge is 0.459 e. The van der Waals surface area contributed by atoms with Gasteiger partial charge in [0.25, 0.3) is 11.6 Å². The number of nitro benzene ring substituents is 1. The number of nitriles is 1. The van der Waals surface area contributed by atoms with Gasteiger partial charge in [-0.3, -0.25) is 14.9 Å². The van der Waals surface area contributed by atoms with Gasteiger partial charge < -0.3 is 10.1 Å². The van der Waals surface area contributed by atoms with Gasteiger partial charge in [-0.1, -0.05) is 6.07 Å². The second kappa shape index (κ2) is 7.97. The van der Waals surface area contributed by atoms with Gasteiger partial charge in [-0.15, -0.1) is 11.3 Å². The van der Waals surface area contributed by atoms with E-state index in [1.54, 1.807) is 20.8 Å². The fourth-order valence-corrected chi connectivity index (χ4v) is 3.47. The first-order valence-corrected chi connectivity index (χ1v) is 8.78. The summed E-state index contributed by atoms with van der Waals surface area (Å²) in [5.74, 6) is -1.17. The van der Waals surface area contributed by atoms with E-state index < -0.39 is 16.8 Å². The number of rotatable bonds is 5. The Kier molecular flexibility index (Phi) is 5.92. The van der Waals surface area contributed by atoms with Crippen molar-refractivity contribution in [2.24, 2.45) is 0 Å². The van der Waals surface area contributed by atoms with Gasteiger partial charge in [-0.25, -0.2) is 4.79 Å². The summed E-state index contributed by atoms with van der Waals surface area (Å²) < 4.78 is 5.16. The van der Waals surface area contributed by atoms with Crippen molar-refractivity contribution in [1.29, 1.82) is 5.26 Å². The summed E-state index contributed by atoms with van der Waals surface area (Å²) in [4.78, 5) is 35.5. The lowest BCUT2D eigenvalue weighted by Crippen LogP contribution is -2.14. The third-order valence-corrected chi connectivity index (χ3v) is 4.95. The van der Waals surface area contributed by atoms with E-state index in [2.05, 4.69) is 5.32 Å². The van der Waals surface area contributed by atoms with Crippen LogP contribution in [-0.4, -0.2) is 22.9 Å². The smallest absolute Gasteiger partial charge is 0.348 e. The molecule has 1 N–H and O–H groups in total. The highest BCUT2D eigenvalue weighted by Gasteiger charge is 2.24. The fourth-order valence-electron chi connectivity index (χ4n) is 2.44. The lowest BCUT2D eigenvalue weighted by atomic mass is 10.1. The van der Waals surface area contributed by atoms with Crippen LogP contribution in [0.2, 0.25) is 0 Å². The molecule has 0 bridgehead atoms. The van der Waals surface area contributed by atoms with E-state index in [1.165, 1.54) is 25.1 Å². The van der Waals surface area contributed by atoms with Crippen LogP contribution in [0.5, 0.6) is 0 Å². The molecule has 0 fully saturated rings. The zero-order valence-corrected chi connectivity index (χ0v) is 16.0. The Morgan fingerprint density at radius 2 is 1.96 bits per heavy atom. The van der Waals surface area contributed by atoms with Crippen LogP contribution in [0.15, 0.2) is 18.2 Å². The molecule has 1 aromatic heterocycles. The standard InChI is InChI=1S/C18H17N3O5S/c1-9(2)26-18(23)15-11(4)13(8-19)17(27-15)20-16(22)12-6-5-7-14(10(12)3)21(24)25/h5-7,9H,1-4H3,(H,20,22). The van der Waals surface area contributed by atoms with Crippen molar-refractivity contribution < 1.29 is 19.2 Å². The third-order valence-electron chi connectivity index (χ3n) is 3.76. The minimum absolute atomic E-state index is 0.116. The van der Waals surface area contributed by atoms with Crippen molar-refractivity contribution in [3.63, 3.8) is 0 Å². The number of amides is 1. The van der Waals surface area contributed by atoms with E-state index in [1.807, 2.05) is 6.07 Å². The third kappa shape index (κ3) is 4.12. The zero-order chi connectivity index (χ0) is 20.3. The Hall–Kier alpha value is -3.25. The Balaban J connectivity index is 2.39. The van der Waals surface area contributed by atoms with Crippen molar-refractivity contribution in [2.75, 3.05) is 5.32 Å². The van der Waals surface area contributed by atoms with Gasteiger partial charge in [0, 0.05) is 17.2 Å². The Labute approximate surface area is 159 Å². The van der Waals surface area contributed by atoms with Crippen molar-refractivity contribution in [1.82, 2.24) is 0 Å². The number of hydrogen-bond donors (Lipinski definition) is 1. The number of nitro groups is 1. The molecule has 27 heavy (non-hydrogen) atoms. The predicted molar refractivity (Wildman–Crippen MR) is 100 cm³/mol. The van der Waals surface area contributed by atoms with Gasteiger partial charge >= 0.3 is 5.97 Å². The maximum atomic E-state index is 12.6. The lowest BCUT2D eigenvalue weighted by Gasteiger charge is -2.07. The van der Waals surface area contributed by atoms with Crippen LogP contribution in [0.4, 0.5) is 10.7 Å². The van der Waals surface area contributed by atoms with Crippen LogP contribution >= 0.6 is 11.3 Å². The molecular weight excluding hydrogens is 370 g/mol. The Bertz CT molecular complexity index is 972. The summed E-state index contributed by atoms with van der Waals surface area (Å²) in [5, 5.41) is 23.2. The molecule has 0 saturated carbocycles. The van der Waals surface area contributed by atoms with Crippen LogP contribution in [0.1, 0.15) is 50.6 Å². The SMILES string of the molecule is Cc1c(C(=O)Nc2sc(C(=O)OC(C)C)c(C)c2C#N)cccc1[N+](=O)[O-]. The molecule has 140 valence electrons. The molecule has 9 heteroatoms. The van der Waals surface area contributed by atoms with Crippen LogP contribution in [0.25, 0.3) is 0 Å². The number of hydrogen-bond acceptors (Lipinski definition) is 7. The minimum atomic E-state index is -0.599. The maximum absolute atomic E-state index is 12.6. The average molecular weight is 387 g/mol. The number of anilines is 1. The fraction of sp³-hybridized carbons (Fsp3) is 0.278. The molecule has 0 aliphatic heterocycles. The molecule has 0 atom stereocenters. The predicted octanol–water partition coefficient (Wildman–Crippen LogP) is 3.96. The molecule has 1 aromatic carbocycles. The molecule has 2 rings (SSSR count). The number of carbonyl (C=O) groups is 2. The van der Waals surface area contributed by atoms with Gasteiger partial charge in [0.1, 0.15) is 15.9 Å². The number of nitrogens with one attached hydrogen (secondary N) is 1. The number of nitrogens with zero attached hydrogens (tertiary/aromatic N) is 2. The summed E-state index contributed by atoms with van der Waals surface area (Å²) in [6.45, 7) is 6.49. The molecular formula is C18H17N3O5S. The molecule has 2 aromatic rings. The van der Waals surface area contributed by atoms with Crippen LogP contribution in [0, 0.1) is 35.3 Å². The van der Waals surface area contributed by atoms with E-state index >= 15 is 0 Å². The molecule has 1 amide bonds. The quantitative estimate of drug-likeness (QED) is 0.470. The molecule has 8 nitrogen and oxygen atoms in total. The number of benzene rings is 1. The van der Waals surface area contributed by atoms with Crippen molar-refractivity contribution in [3.05, 3.63) is 55.4 Å². The van der Waals surface area contributed by atoms with Crippen molar-refractivity contribution in [2.45, 2.75) is 33.8 Å². The van der Waals surface area contributed by atoms with Gasteiger partial charge in [-0.05, 0) is 39.3 Å². The molecule has 1 heterocycles. The highest BCUT2D eigenvalue weighted by atomic mass is 32.1. The normalized spacial score (nSPS) is 10.4. The van der Waals surface area contributed by atoms with E-state index in [4.69, 9.17) is 4.74 Å². The summed E-state index contributed by atoms with van der Waals surface area (Å²) in [7, 11) is 0. The van der Waals surface area contributed by atoms with E-state index in [-0.39, 0.29) is 38.4 Å². The monoisotopic (exact) mass is 387 g/mol. The molecule has 0 spiro atoms. The van der Waals surface area contributed by atoms with E-state index in [0.29, 0.717) is 5.56 Å². The Morgan fingerprint density at radius 1 is 1.30 bits per heavy atom. The number of carbonyl (C=O) groups excluding carboxylic acids is 2. The number of ether oxygens (including phenoxy) is 1. The highest BCUT2D eigenvalue weighted by molar-refractivity contribution is 7.18. The topological polar surface area (TPSA) is 122 Å². The van der Waals surface area contributed by atoms with Crippen LogP contribution in [0.3, 0.4) is 0 Å². The zero-order valence-electron chi connectivity index (χ0n) is 15.2. The first-order valence-electron chi connectivity index (χ1n) is 7.97. The first kappa shape index (κ1) is 20.1. The summed E-state index contributed by atoms with van der Waals surface area (Å²) in [5.41, 5.74) is 0.731. The summed E-state index contributed by atoms with van der Waals surface area (Å²) >= 11 is 0.937. The van der Waals surface area contributed by atoms with Gasteiger partial charge in [0.15, 0.2) is 0 Å². The second-order valence-corrected chi connectivity index (χ2v) is 7.01. The molecule has 0 aliphatic rings. The van der Waals surface area contributed by atoms with Gasteiger partial charge in [0.05, 0.1) is 16.6 Å². The van der Waals surface area contributed by atoms with Gasteiger partial charge in [-0.2, -0.15) is 5.26 Å². The van der Waals surface area contributed by atoms with Crippen molar-refractivity contribution in [3.8, 4) is 6.07 Å². The van der Waals surface area contributed by atoms with Crippen molar-refractivity contribution >= 4 is 33.9 Å². The van der Waals surface area contributed by atoms with Crippen LogP contribution in [-0.2, 0) is 4.74 Å². The number of esters is 1. The summed E-state index contributed by atoms with van der Waals surface area (Å²) in [6, 6.07) is 6.15. The molecule has 0 radical (unpaired) electrons. The van der Waals surface area contributed by atoms with Gasteiger partial charge in [0.2, 0.25) is 0 Å². The van der Waals surface area contributed by atoms with Crippen LogP contribution < -0.4 is 5.32 Å². The second-order valence-electron chi connectivity index (χ2n) is 5.99. The average Bonchev–Trinajstić information content (AvgIpc) is 2.89. The molecule has 0 unspecified atom stereocenters. The molecule has 0 saturated heterocycles. The van der Waals surface area contributed by atoms with E-state index in [9.17, 15) is 25.0 Å². The minimum Gasteiger partial charge on any atom is -0.459 e. The highest BCUT2D eigenvalue weighted by Crippen LogP contribution is 2.34. The Morgan fingerprint density at radius 3 is 2.52 bits per heavy atom.